The molecule has 0 aliphatic heterocycles. The van der Waals surface area contributed by atoms with Crippen molar-refractivity contribution in [2.45, 2.75) is 20.3 Å². The van der Waals surface area contributed by atoms with E-state index < -0.39 is 0 Å². The van der Waals surface area contributed by atoms with Crippen LogP contribution in [0.25, 0.3) is 6.08 Å². The highest BCUT2D eigenvalue weighted by Gasteiger charge is 1.92. The van der Waals surface area contributed by atoms with Gasteiger partial charge in [0.25, 0.3) is 0 Å². The number of hydrogen-bond donors (Lipinski definition) is 1. The first kappa shape index (κ1) is 12.0. The lowest BCUT2D eigenvalue weighted by molar-refractivity contribution is 0.557. The van der Waals surface area contributed by atoms with Crippen molar-refractivity contribution in [3.05, 3.63) is 24.3 Å². The first-order valence-corrected chi connectivity index (χ1v) is 5.54. The fourth-order valence-electron chi connectivity index (χ4n) is 1.30. The van der Waals surface area contributed by atoms with Crippen LogP contribution in [-0.2, 0) is 7.05 Å². The fraction of sp³-hybridized carbons (Fsp3) is 0.583. The van der Waals surface area contributed by atoms with Crippen molar-refractivity contribution in [2.24, 2.45) is 13.0 Å². The van der Waals surface area contributed by atoms with Gasteiger partial charge in [-0.2, -0.15) is 0 Å². The van der Waals surface area contributed by atoms with Gasteiger partial charge in [0.1, 0.15) is 5.82 Å². The summed E-state index contributed by atoms with van der Waals surface area (Å²) in [6.45, 7) is 6.57. The summed E-state index contributed by atoms with van der Waals surface area (Å²) in [5, 5.41) is 3.40. The van der Waals surface area contributed by atoms with E-state index in [-0.39, 0.29) is 0 Å². The molecule has 0 saturated carbocycles. The molecule has 0 aliphatic carbocycles. The monoisotopic (exact) mass is 207 g/mol. The van der Waals surface area contributed by atoms with Crippen LogP contribution in [0.1, 0.15) is 26.1 Å². The zero-order valence-corrected chi connectivity index (χ0v) is 9.90. The maximum Gasteiger partial charge on any atom is 0.131 e. The Labute approximate surface area is 92.2 Å². The third-order valence-electron chi connectivity index (χ3n) is 2.17. The van der Waals surface area contributed by atoms with Crippen molar-refractivity contribution in [1.82, 2.24) is 14.9 Å². The summed E-state index contributed by atoms with van der Waals surface area (Å²) in [6, 6.07) is 0. The van der Waals surface area contributed by atoms with Crippen LogP contribution in [-0.4, -0.2) is 22.6 Å². The molecule has 0 bridgehead atoms. The lowest BCUT2D eigenvalue weighted by atomic mass is 10.2. The summed E-state index contributed by atoms with van der Waals surface area (Å²) < 4.78 is 2.01. The number of aromatic nitrogens is 2. The van der Waals surface area contributed by atoms with Crippen molar-refractivity contribution in [1.29, 1.82) is 0 Å². The van der Waals surface area contributed by atoms with E-state index >= 15 is 0 Å². The van der Waals surface area contributed by atoms with Crippen LogP contribution in [0.3, 0.4) is 0 Å². The standard InChI is InChI=1S/C12H21N3/c1-11(2)10-13-7-5-4-6-12-14-8-9-15(12)3/h4,6,8-9,11,13H,5,7,10H2,1-3H3. The van der Waals surface area contributed by atoms with Crippen LogP contribution in [0.4, 0.5) is 0 Å². The molecule has 0 fully saturated rings. The highest BCUT2D eigenvalue weighted by molar-refractivity contribution is 5.39. The van der Waals surface area contributed by atoms with Crippen LogP contribution in [0, 0.1) is 5.92 Å². The summed E-state index contributed by atoms with van der Waals surface area (Å²) in [5.74, 6) is 1.74. The molecule has 3 nitrogen and oxygen atoms in total. The lowest BCUT2D eigenvalue weighted by Gasteiger charge is -2.04. The van der Waals surface area contributed by atoms with Crippen LogP contribution < -0.4 is 5.32 Å². The Hall–Kier alpha value is -1.09. The van der Waals surface area contributed by atoms with E-state index in [0.717, 1.165) is 31.3 Å². The molecule has 0 atom stereocenters. The molecule has 0 aliphatic rings. The molecule has 1 aromatic rings. The summed E-state index contributed by atoms with van der Waals surface area (Å²) in [7, 11) is 2.00. The predicted molar refractivity (Wildman–Crippen MR) is 64.6 cm³/mol. The second-order valence-corrected chi connectivity index (χ2v) is 4.19. The molecule has 15 heavy (non-hydrogen) atoms. The van der Waals surface area contributed by atoms with Crippen molar-refractivity contribution in [3.63, 3.8) is 0 Å². The van der Waals surface area contributed by atoms with Gasteiger partial charge >= 0.3 is 0 Å². The van der Waals surface area contributed by atoms with Crippen molar-refractivity contribution >= 4 is 6.08 Å². The van der Waals surface area contributed by atoms with Gasteiger partial charge < -0.3 is 9.88 Å². The molecule has 84 valence electrons. The molecule has 0 saturated heterocycles. The van der Waals surface area contributed by atoms with E-state index in [0.29, 0.717) is 0 Å². The van der Waals surface area contributed by atoms with E-state index in [2.05, 4.69) is 36.3 Å². The molecule has 1 aromatic heterocycles. The van der Waals surface area contributed by atoms with Gasteiger partial charge in [0.2, 0.25) is 0 Å². The Balaban J connectivity index is 2.15. The van der Waals surface area contributed by atoms with Crippen LogP contribution in [0.2, 0.25) is 0 Å². The molecule has 0 radical (unpaired) electrons. The molecule has 1 rings (SSSR count). The molecule has 0 amide bonds. The highest BCUT2D eigenvalue weighted by atomic mass is 15.0. The molecular weight excluding hydrogens is 186 g/mol. The van der Waals surface area contributed by atoms with Crippen molar-refractivity contribution in [3.8, 4) is 0 Å². The van der Waals surface area contributed by atoms with Gasteiger partial charge in [-0.1, -0.05) is 19.9 Å². The maximum absolute atomic E-state index is 4.22. The van der Waals surface area contributed by atoms with Crippen molar-refractivity contribution in [2.75, 3.05) is 13.1 Å². The number of aryl methyl sites for hydroxylation is 1. The minimum Gasteiger partial charge on any atom is -0.335 e. The average molecular weight is 207 g/mol. The predicted octanol–water partition coefficient (Wildman–Crippen LogP) is 2.07. The lowest BCUT2D eigenvalue weighted by Crippen LogP contribution is -2.20. The van der Waals surface area contributed by atoms with Gasteiger partial charge in [0, 0.05) is 19.4 Å². The average Bonchev–Trinajstić information content (AvgIpc) is 2.57. The van der Waals surface area contributed by atoms with Gasteiger partial charge in [0.05, 0.1) is 0 Å². The third kappa shape index (κ3) is 4.79. The van der Waals surface area contributed by atoms with Crippen LogP contribution in [0.15, 0.2) is 18.5 Å². The second kappa shape index (κ2) is 6.40. The summed E-state index contributed by atoms with van der Waals surface area (Å²) in [5.41, 5.74) is 0. The number of imidazole rings is 1. The van der Waals surface area contributed by atoms with Gasteiger partial charge in [-0.15, -0.1) is 0 Å². The Morgan fingerprint density at radius 3 is 2.93 bits per heavy atom. The minimum atomic E-state index is 0.725. The molecule has 0 aromatic carbocycles. The van der Waals surface area contributed by atoms with Crippen LogP contribution >= 0.6 is 0 Å². The summed E-state index contributed by atoms with van der Waals surface area (Å²) >= 11 is 0. The largest absolute Gasteiger partial charge is 0.335 e. The first-order valence-electron chi connectivity index (χ1n) is 5.54. The Bertz CT molecular complexity index is 300. The topological polar surface area (TPSA) is 29.9 Å². The van der Waals surface area contributed by atoms with Gasteiger partial charge in [-0.3, -0.25) is 0 Å². The van der Waals surface area contributed by atoms with E-state index in [1.807, 2.05) is 24.0 Å². The smallest absolute Gasteiger partial charge is 0.131 e. The quantitative estimate of drug-likeness (QED) is 0.724. The Morgan fingerprint density at radius 2 is 2.33 bits per heavy atom. The summed E-state index contributed by atoms with van der Waals surface area (Å²) in [6.07, 6.45) is 9.06. The Morgan fingerprint density at radius 1 is 1.53 bits per heavy atom. The summed E-state index contributed by atoms with van der Waals surface area (Å²) in [4.78, 5) is 4.22. The normalized spacial score (nSPS) is 11.7. The molecule has 1 N–H and O–H groups in total. The second-order valence-electron chi connectivity index (χ2n) is 4.19. The Kier molecular flexibility index (Phi) is 5.12. The zero-order chi connectivity index (χ0) is 11.1. The van der Waals surface area contributed by atoms with Crippen LogP contribution in [0.5, 0.6) is 0 Å². The molecular formula is C12H21N3. The molecule has 1 heterocycles. The number of nitrogens with zero attached hydrogens (tertiary/aromatic N) is 2. The van der Waals surface area contributed by atoms with Crippen molar-refractivity contribution < 1.29 is 0 Å². The van der Waals surface area contributed by atoms with E-state index in [9.17, 15) is 0 Å². The number of nitrogens with one attached hydrogen (secondary N) is 1. The van der Waals surface area contributed by atoms with E-state index in [4.69, 9.17) is 0 Å². The van der Waals surface area contributed by atoms with E-state index in [1.54, 1.807) is 0 Å². The maximum atomic E-state index is 4.22. The third-order valence-corrected chi connectivity index (χ3v) is 2.17. The number of rotatable bonds is 6. The van der Waals surface area contributed by atoms with E-state index in [1.165, 1.54) is 0 Å². The zero-order valence-electron chi connectivity index (χ0n) is 9.90. The molecule has 0 spiro atoms. The van der Waals surface area contributed by atoms with Gasteiger partial charge in [-0.25, -0.2) is 4.98 Å². The molecule has 0 unspecified atom stereocenters. The van der Waals surface area contributed by atoms with Gasteiger partial charge in [-0.05, 0) is 31.5 Å². The van der Waals surface area contributed by atoms with Gasteiger partial charge in [0.15, 0.2) is 0 Å². The minimum absolute atomic E-state index is 0.725. The number of hydrogen-bond acceptors (Lipinski definition) is 2. The first-order chi connectivity index (χ1) is 7.20. The molecule has 3 heteroatoms. The highest BCUT2D eigenvalue weighted by Crippen LogP contribution is 1.97. The fourth-order valence-corrected chi connectivity index (χ4v) is 1.30. The SMILES string of the molecule is CC(C)CNCCC=Cc1nccn1C.